The van der Waals surface area contributed by atoms with Gasteiger partial charge in [-0.15, -0.1) is 10.2 Å². The molecule has 3 heteroatoms. The quantitative estimate of drug-likeness (QED) is 0.478. The standard InChI is InChI=1S/C16H10N2O/c1-9-5-4-8-12-13-15(18-17-14(9)12)10-6-2-3-7-11(10)16(13)19/h2-8H,1H3. The van der Waals surface area contributed by atoms with E-state index >= 15 is 0 Å². The molecule has 0 spiro atoms. The normalized spacial score (nSPS) is 12.6. The topological polar surface area (TPSA) is 42.9 Å². The molecule has 0 atom stereocenters. The van der Waals surface area contributed by atoms with Gasteiger partial charge >= 0.3 is 0 Å². The molecule has 0 bridgehead atoms. The summed E-state index contributed by atoms with van der Waals surface area (Å²) in [6.07, 6.45) is 0. The van der Waals surface area contributed by atoms with Crippen LogP contribution in [0, 0.1) is 6.92 Å². The Morgan fingerprint density at radius 3 is 2.53 bits per heavy atom. The van der Waals surface area contributed by atoms with Crippen LogP contribution in [0.5, 0.6) is 0 Å². The molecule has 1 aliphatic carbocycles. The van der Waals surface area contributed by atoms with Crippen molar-refractivity contribution < 1.29 is 4.79 Å². The summed E-state index contributed by atoms with van der Waals surface area (Å²) in [5, 5.41) is 9.45. The Hall–Kier alpha value is -2.55. The van der Waals surface area contributed by atoms with E-state index in [1.165, 1.54) is 0 Å². The molecule has 1 aromatic heterocycles. The van der Waals surface area contributed by atoms with Gasteiger partial charge in [-0.25, -0.2) is 0 Å². The second kappa shape index (κ2) is 3.48. The van der Waals surface area contributed by atoms with Crippen LogP contribution >= 0.6 is 0 Å². The Labute approximate surface area is 109 Å². The van der Waals surface area contributed by atoms with E-state index in [1.54, 1.807) is 0 Å². The van der Waals surface area contributed by atoms with E-state index in [0.29, 0.717) is 11.3 Å². The maximum atomic E-state index is 12.5. The number of benzene rings is 2. The molecule has 0 saturated carbocycles. The molecule has 3 aromatic rings. The summed E-state index contributed by atoms with van der Waals surface area (Å²) < 4.78 is 0. The van der Waals surface area contributed by atoms with Crippen LogP contribution in [0.2, 0.25) is 0 Å². The van der Waals surface area contributed by atoms with Crippen LogP contribution in [0.1, 0.15) is 21.5 Å². The summed E-state index contributed by atoms with van der Waals surface area (Å²) >= 11 is 0. The lowest BCUT2D eigenvalue weighted by Gasteiger charge is -2.04. The van der Waals surface area contributed by atoms with Crippen molar-refractivity contribution in [2.45, 2.75) is 6.92 Å². The number of nitrogens with zero attached hydrogens (tertiary/aromatic N) is 2. The first-order chi connectivity index (χ1) is 9.27. The Morgan fingerprint density at radius 1 is 0.895 bits per heavy atom. The van der Waals surface area contributed by atoms with E-state index in [1.807, 2.05) is 49.4 Å². The van der Waals surface area contributed by atoms with Crippen molar-refractivity contribution in [2.24, 2.45) is 0 Å². The molecule has 0 N–H and O–H groups in total. The minimum absolute atomic E-state index is 0.0519. The average molecular weight is 246 g/mol. The SMILES string of the molecule is Cc1cccc2c3c(nnc12)-c1ccccc1C3=O. The minimum Gasteiger partial charge on any atom is -0.288 e. The number of hydrogen-bond donors (Lipinski definition) is 0. The van der Waals surface area contributed by atoms with Crippen molar-refractivity contribution in [2.75, 3.05) is 0 Å². The predicted octanol–water partition coefficient (Wildman–Crippen LogP) is 3.15. The fourth-order valence-corrected chi connectivity index (χ4v) is 2.71. The largest absolute Gasteiger partial charge is 0.288 e. The van der Waals surface area contributed by atoms with Gasteiger partial charge in [-0.2, -0.15) is 0 Å². The first-order valence-corrected chi connectivity index (χ1v) is 6.17. The molecule has 0 unspecified atom stereocenters. The number of aromatic nitrogens is 2. The van der Waals surface area contributed by atoms with Gasteiger partial charge in [-0.1, -0.05) is 42.5 Å². The smallest absolute Gasteiger partial charge is 0.196 e. The van der Waals surface area contributed by atoms with Gasteiger partial charge in [0.15, 0.2) is 5.78 Å². The number of fused-ring (bicyclic) bond motifs is 5. The van der Waals surface area contributed by atoms with Crippen LogP contribution in [0.3, 0.4) is 0 Å². The van der Waals surface area contributed by atoms with E-state index < -0.39 is 0 Å². The van der Waals surface area contributed by atoms with Gasteiger partial charge in [0.1, 0.15) is 5.69 Å². The van der Waals surface area contributed by atoms with Crippen LogP contribution in [0.25, 0.3) is 22.2 Å². The molecule has 90 valence electrons. The van der Waals surface area contributed by atoms with Gasteiger partial charge in [0.05, 0.1) is 11.1 Å². The number of aryl methyl sites for hydroxylation is 1. The molecule has 0 fully saturated rings. The van der Waals surface area contributed by atoms with E-state index in [4.69, 9.17) is 0 Å². The van der Waals surface area contributed by atoms with Gasteiger partial charge in [-0.3, -0.25) is 4.79 Å². The first-order valence-electron chi connectivity index (χ1n) is 6.17. The van der Waals surface area contributed by atoms with Gasteiger partial charge in [0, 0.05) is 16.5 Å². The van der Waals surface area contributed by atoms with Gasteiger partial charge in [0.2, 0.25) is 0 Å². The molecule has 0 amide bonds. The van der Waals surface area contributed by atoms with E-state index in [-0.39, 0.29) is 5.78 Å². The van der Waals surface area contributed by atoms with Crippen LogP contribution in [-0.2, 0) is 0 Å². The van der Waals surface area contributed by atoms with Crippen molar-refractivity contribution in [3.63, 3.8) is 0 Å². The number of rotatable bonds is 0. The van der Waals surface area contributed by atoms with Crippen molar-refractivity contribution in [3.8, 4) is 11.3 Å². The van der Waals surface area contributed by atoms with Crippen molar-refractivity contribution >= 4 is 16.7 Å². The Bertz CT molecular complexity index is 852. The van der Waals surface area contributed by atoms with E-state index in [9.17, 15) is 4.79 Å². The molecule has 1 aliphatic rings. The molecule has 3 nitrogen and oxygen atoms in total. The summed E-state index contributed by atoms with van der Waals surface area (Å²) in [6, 6.07) is 13.5. The van der Waals surface area contributed by atoms with Crippen molar-refractivity contribution in [1.29, 1.82) is 0 Å². The number of hydrogen-bond acceptors (Lipinski definition) is 3. The monoisotopic (exact) mass is 246 g/mol. The van der Waals surface area contributed by atoms with Crippen LogP contribution in [-0.4, -0.2) is 16.0 Å². The highest BCUT2D eigenvalue weighted by Gasteiger charge is 2.30. The lowest BCUT2D eigenvalue weighted by atomic mass is 10.0. The highest BCUT2D eigenvalue weighted by molar-refractivity contribution is 6.26. The summed E-state index contributed by atoms with van der Waals surface area (Å²) in [5.74, 6) is 0.0519. The molecular formula is C16H10N2O. The third-order valence-electron chi connectivity index (χ3n) is 3.65. The van der Waals surface area contributed by atoms with Gasteiger partial charge < -0.3 is 0 Å². The molecule has 4 rings (SSSR count). The lowest BCUT2D eigenvalue weighted by Crippen LogP contribution is -1.99. The third kappa shape index (κ3) is 1.24. The van der Waals surface area contributed by atoms with Gasteiger partial charge in [0.25, 0.3) is 0 Å². The second-order valence-electron chi connectivity index (χ2n) is 4.77. The summed E-state index contributed by atoms with van der Waals surface area (Å²) in [4.78, 5) is 12.5. The zero-order valence-corrected chi connectivity index (χ0v) is 10.3. The average Bonchev–Trinajstić information content (AvgIpc) is 2.74. The second-order valence-corrected chi connectivity index (χ2v) is 4.77. The maximum Gasteiger partial charge on any atom is 0.196 e. The molecule has 0 radical (unpaired) electrons. The summed E-state index contributed by atoms with van der Waals surface area (Å²) in [6.45, 7) is 1.98. The van der Waals surface area contributed by atoms with Crippen molar-refractivity contribution in [1.82, 2.24) is 10.2 Å². The number of carbonyl (C=O) groups excluding carboxylic acids is 1. The molecule has 1 heterocycles. The highest BCUT2D eigenvalue weighted by Crippen LogP contribution is 2.38. The van der Waals surface area contributed by atoms with Crippen LogP contribution in [0.15, 0.2) is 42.5 Å². The van der Waals surface area contributed by atoms with Crippen LogP contribution < -0.4 is 0 Å². The fourth-order valence-electron chi connectivity index (χ4n) is 2.71. The third-order valence-corrected chi connectivity index (χ3v) is 3.65. The Kier molecular flexibility index (Phi) is 1.90. The molecule has 0 aliphatic heterocycles. The summed E-state index contributed by atoms with van der Waals surface area (Å²) in [5.41, 5.74) is 4.85. The van der Waals surface area contributed by atoms with Crippen LogP contribution in [0.4, 0.5) is 0 Å². The molecule has 0 saturated heterocycles. The van der Waals surface area contributed by atoms with Crippen molar-refractivity contribution in [3.05, 3.63) is 59.2 Å². The number of carbonyl (C=O) groups is 1. The van der Waals surface area contributed by atoms with E-state index in [2.05, 4.69) is 10.2 Å². The maximum absolute atomic E-state index is 12.5. The summed E-state index contributed by atoms with van der Waals surface area (Å²) in [7, 11) is 0. The lowest BCUT2D eigenvalue weighted by molar-refractivity contribution is 0.104. The van der Waals surface area contributed by atoms with Gasteiger partial charge in [-0.05, 0) is 12.5 Å². The minimum atomic E-state index is 0.0519. The Balaban J connectivity index is 2.18. The molecule has 2 aromatic carbocycles. The van der Waals surface area contributed by atoms with E-state index in [0.717, 1.165) is 27.6 Å². The Morgan fingerprint density at radius 2 is 1.68 bits per heavy atom. The highest BCUT2D eigenvalue weighted by atomic mass is 16.1. The zero-order chi connectivity index (χ0) is 13.0. The zero-order valence-electron chi connectivity index (χ0n) is 10.3. The molecular weight excluding hydrogens is 236 g/mol. The fraction of sp³-hybridized carbons (Fsp3) is 0.0625. The first kappa shape index (κ1) is 10.4. The molecule has 19 heavy (non-hydrogen) atoms. The number of ketones is 1. The predicted molar refractivity (Wildman–Crippen MR) is 73.1 cm³/mol.